The third kappa shape index (κ3) is 2.43. The third-order valence-electron chi connectivity index (χ3n) is 3.03. The third-order valence-corrected chi connectivity index (χ3v) is 4.03. The summed E-state index contributed by atoms with van der Waals surface area (Å²) in [5.41, 5.74) is 3.32. The van der Waals surface area contributed by atoms with Gasteiger partial charge >= 0.3 is 0 Å². The number of halogens is 2. The summed E-state index contributed by atoms with van der Waals surface area (Å²) in [7, 11) is 0. The van der Waals surface area contributed by atoms with E-state index in [4.69, 9.17) is 16.0 Å². The molecule has 0 fully saturated rings. The molecule has 2 rings (SSSR count). The second kappa shape index (κ2) is 4.87. The van der Waals surface area contributed by atoms with Crippen LogP contribution in [-0.4, -0.2) is 0 Å². The highest BCUT2D eigenvalue weighted by Crippen LogP contribution is 2.36. The van der Waals surface area contributed by atoms with Crippen molar-refractivity contribution in [3.05, 3.63) is 56.9 Å². The van der Waals surface area contributed by atoms with E-state index in [1.807, 2.05) is 38.1 Å². The van der Waals surface area contributed by atoms with E-state index in [9.17, 15) is 0 Å². The molecule has 3 heteroatoms. The molecular weight excluding hydrogens is 300 g/mol. The van der Waals surface area contributed by atoms with Crippen LogP contribution in [0.3, 0.4) is 0 Å². The molecule has 1 aromatic carbocycles. The summed E-state index contributed by atoms with van der Waals surface area (Å²) in [6.45, 7) is 5.98. The van der Waals surface area contributed by atoms with Gasteiger partial charge in [0.15, 0.2) is 0 Å². The SMILES string of the molecule is Cc1oc(C)c(C(Cl)c2ccc(Br)cc2)c1C. The maximum absolute atomic E-state index is 6.53. The van der Waals surface area contributed by atoms with Gasteiger partial charge < -0.3 is 4.42 Å². The van der Waals surface area contributed by atoms with Crippen molar-refractivity contribution >= 4 is 27.5 Å². The largest absolute Gasteiger partial charge is 0.466 e. The smallest absolute Gasteiger partial charge is 0.106 e. The lowest BCUT2D eigenvalue weighted by Gasteiger charge is -2.10. The van der Waals surface area contributed by atoms with Gasteiger partial charge in [-0.05, 0) is 44.0 Å². The fourth-order valence-corrected chi connectivity index (χ4v) is 2.71. The molecule has 1 heterocycles. The Morgan fingerprint density at radius 1 is 1.06 bits per heavy atom. The zero-order valence-corrected chi connectivity index (χ0v) is 12.4. The number of alkyl halides is 1. The average Bonchev–Trinajstić information content (AvgIpc) is 2.53. The van der Waals surface area contributed by atoms with Crippen molar-refractivity contribution in [3.8, 4) is 0 Å². The van der Waals surface area contributed by atoms with Gasteiger partial charge in [-0.25, -0.2) is 0 Å². The molecule has 0 aliphatic carbocycles. The molecule has 1 unspecified atom stereocenters. The van der Waals surface area contributed by atoms with Gasteiger partial charge in [0, 0.05) is 10.0 Å². The first kappa shape index (κ1) is 12.7. The molecule has 1 aromatic heterocycles. The van der Waals surface area contributed by atoms with Crippen molar-refractivity contribution in [1.29, 1.82) is 0 Å². The Balaban J connectivity index is 2.43. The lowest BCUT2D eigenvalue weighted by atomic mass is 10.0. The molecule has 90 valence electrons. The van der Waals surface area contributed by atoms with Crippen molar-refractivity contribution in [2.75, 3.05) is 0 Å². The Morgan fingerprint density at radius 3 is 2.12 bits per heavy atom. The number of rotatable bonds is 2. The molecule has 2 aromatic rings. The fraction of sp³-hybridized carbons (Fsp3) is 0.286. The quantitative estimate of drug-likeness (QED) is 0.686. The first-order valence-electron chi connectivity index (χ1n) is 5.46. The van der Waals surface area contributed by atoms with E-state index in [-0.39, 0.29) is 5.38 Å². The second-order valence-electron chi connectivity index (χ2n) is 4.17. The topological polar surface area (TPSA) is 13.1 Å². The summed E-state index contributed by atoms with van der Waals surface area (Å²) in [6.07, 6.45) is 0. The Hall–Kier alpha value is -0.730. The van der Waals surface area contributed by atoms with E-state index < -0.39 is 0 Å². The van der Waals surface area contributed by atoms with Crippen LogP contribution in [0.4, 0.5) is 0 Å². The molecule has 0 saturated carbocycles. The van der Waals surface area contributed by atoms with Gasteiger partial charge in [0.05, 0.1) is 5.38 Å². The summed E-state index contributed by atoms with van der Waals surface area (Å²) < 4.78 is 6.68. The minimum atomic E-state index is -0.152. The molecule has 0 saturated heterocycles. The van der Waals surface area contributed by atoms with E-state index in [1.54, 1.807) is 0 Å². The van der Waals surface area contributed by atoms with Crippen LogP contribution in [0.1, 0.15) is 33.6 Å². The van der Waals surface area contributed by atoms with Gasteiger partial charge in [0.1, 0.15) is 11.5 Å². The summed E-state index contributed by atoms with van der Waals surface area (Å²) in [4.78, 5) is 0. The van der Waals surface area contributed by atoms with Gasteiger partial charge in [0.25, 0.3) is 0 Å². The molecule has 17 heavy (non-hydrogen) atoms. The predicted octanol–water partition coefficient (Wildman–Crippen LogP) is 5.30. The Morgan fingerprint density at radius 2 is 1.65 bits per heavy atom. The van der Waals surface area contributed by atoms with Crippen molar-refractivity contribution in [1.82, 2.24) is 0 Å². The van der Waals surface area contributed by atoms with E-state index >= 15 is 0 Å². The molecule has 0 radical (unpaired) electrons. The number of furan rings is 1. The minimum absolute atomic E-state index is 0.152. The van der Waals surface area contributed by atoms with Crippen LogP contribution in [0.2, 0.25) is 0 Å². The number of aryl methyl sites for hydroxylation is 2. The lowest BCUT2D eigenvalue weighted by Crippen LogP contribution is -1.95. The molecule has 0 bridgehead atoms. The van der Waals surface area contributed by atoms with Gasteiger partial charge in [-0.1, -0.05) is 28.1 Å². The van der Waals surface area contributed by atoms with Crippen LogP contribution in [-0.2, 0) is 0 Å². The average molecular weight is 314 g/mol. The van der Waals surface area contributed by atoms with Crippen molar-refractivity contribution in [2.45, 2.75) is 26.1 Å². The zero-order chi connectivity index (χ0) is 12.6. The summed E-state index contributed by atoms with van der Waals surface area (Å²) in [5, 5.41) is -0.152. The van der Waals surface area contributed by atoms with Gasteiger partial charge in [-0.2, -0.15) is 0 Å². The van der Waals surface area contributed by atoms with Crippen LogP contribution in [0.15, 0.2) is 33.2 Å². The fourth-order valence-electron chi connectivity index (χ4n) is 1.98. The highest BCUT2D eigenvalue weighted by atomic mass is 79.9. The van der Waals surface area contributed by atoms with Gasteiger partial charge in [-0.15, -0.1) is 11.6 Å². The summed E-state index contributed by atoms with van der Waals surface area (Å²) in [5.74, 6) is 1.85. The van der Waals surface area contributed by atoms with E-state index in [1.165, 1.54) is 0 Å². The Labute approximate surface area is 115 Å². The molecule has 1 nitrogen and oxygen atoms in total. The summed E-state index contributed by atoms with van der Waals surface area (Å²) >= 11 is 9.95. The second-order valence-corrected chi connectivity index (χ2v) is 5.52. The molecule has 1 atom stereocenters. The van der Waals surface area contributed by atoms with Crippen LogP contribution in [0.5, 0.6) is 0 Å². The van der Waals surface area contributed by atoms with Crippen molar-refractivity contribution < 1.29 is 4.42 Å². The Bertz CT molecular complexity index is 528. The summed E-state index contributed by atoms with van der Waals surface area (Å²) in [6, 6.07) is 8.07. The maximum Gasteiger partial charge on any atom is 0.106 e. The van der Waals surface area contributed by atoms with Crippen LogP contribution in [0.25, 0.3) is 0 Å². The number of hydrogen-bond acceptors (Lipinski definition) is 1. The van der Waals surface area contributed by atoms with Gasteiger partial charge in [-0.3, -0.25) is 0 Å². The predicted molar refractivity (Wildman–Crippen MR) is 74.8 cm³/mol. The molecule has 0 N–H and O–H groups in total. The normalized spacial score (nSPS) is 12.8. The molecule has 0 spiro atoms. The minimum Gasteiger partial charge on any atom is -0.466 e. The monoisotopic (exact) mass is 312 g/mol. The van der Waals surface area contributed by atoms with Crippen LogP contribution >= 0.6 is 27.5 Å². The number of benzene rings is 1. The van der Waals surface area contributed by atoms with E-state index in [0.717, 1.165) is 32.7 Å². The van der Waals surface area contributed by atoms with Crippen molar-refractivity contribution in [2.24, 2.45) is 0 Å². The van der Waals surface area contributed by atoms with Gasteiger partial charge in [0.2, 0.25) is 0 Å². The van der Waals surface area contributed by atoms with Crippen molar-refractivity contribution in [3.63, 3.8) is 0 Å². The first-order valence-corrected chi connectivity index (χ1v) is 6.69. The molecular formula is C14H14BrClO. The molecule has 0 aliphatic heterocycles. The lowest BCUT2D eigenvalue weighted by molar-refractivity contribution is 0.500. The van der Waals surface area contributed by atoms with E-state index in [0.29, 0.717) is 0 Å². The molecule has 0 aliphatic rings. The number of hydrogen-bond donors (Lipinski definition) is 0. The highest BCUT2D eigenvalue weighted by Gasteiger charge is 2.20. The maximum atomic E-state index is 6.53. The zero-order valence-electron chi connectivity index (χ0n) is 10.1. The van der Waals surface area contributed by atoms with Crippen LogP contribution in [0, 0.1) is 20.8 Å². The first-order chi connectivity index (χ1) is 8.00. The molecule has 0 amide bonds. The van der Waals surface area contributed by atoms with E-state index in [2.05, 4.69) is 22.9 Å². The highest BCUT2D eigenvalue weighted by molar-refractivity contribution is 9.10. The Kier molecular flexibility index (Phi) is 3.64. The van der Waals surface area contributed by atoms with Crippen LogP contribution < -0.4 is 0 Å². The standard InChI is InChI=1S/C14H14BrClO/c1-8-9(2)17-10(3)13(8)14(16)11-4-6-12(15)7-5-11/h4-7,14H,1-3H3.